The summed E-state index contributed by atoms with van der Waals surface area (Å²) < 4.78 is 5.15. The van der Waals surface area contributed by atoms with Gasteiger partial charge in [-0.15, -0.1) is 0 Å². The zero-order valence-corrected chi connectivity index (χ0v) is 9.06. The number of carbonyl (C=O) groups excluding carboxylic acids is 1. The molecule has 0 aliphatic carbocycles. The van der Waals surface area contributed by atoms with Crippen LogP contribution in [0.2, 0.25) is 0 Å². The first-order chi connectivity index (χ1) is 8.15. The number of carbonyl (C=O) groups is 1. The molecule has 0 spiro atoms. The molecule has 92 valence electrons. The summed E-state index contributed by atoms with van der Waals surface area (Å²) in [6.07, 6.45) is -4.58. The minimum atomic E-state index is -1.31. The van der Waals surface area contributed by atoms with Gasteiger partial charge >= 0.3 is 0 Å². The normalized spacial score (nSPS) is 32.6. The van der Waals surface area contributed by atoms with Gasteiger partial charge in [0.15, 0.2) is 5.78 Å². The summed E-state index contributed by atoms with van der Waals surface area (Å²) in [5.74, 6) is -0.395. The van der Waals surface area contributed by atoms with Crippen LogP contribution >= 0.6 is 0 Å². The number of aliphatic hydroxyl groups excluding tert-OH is 3. The van der Waals surface area contributed by atoms with Gasteiger partial charge < -0.3 is 20.1 Å². The molecule has 1 unspecified atom stereocenters. The first kappa shape index (κ1) is 12.2. The third-order valence-electron chi connectivity index (χ3n) is 2.86. The molecular formula is C12H14O5. The van der Waals surface area contributed by atoms with Crippen LogP contribution in [0.1, 0.15) is 10.4 Å². The summed E-state index contributed by atoms with van der Waals surface area (Å²) in [6.45, 7) is -0.434. The van der Waals surface area contributed by atoms with E-state index in [1.54, 1.807) is 30.3 Å². The summed E-state index contributed by atoms with van der Waals surface area (Å²) in [6, 6.07) is 8.39. The molecule has 1 aliphatic heterocycles. The number of aliphatic hydroxyl groups is 3. The molecule has 0 bridgehead atoms. The number of Topliss-reactive ketones (excluding diaryl/α,β-unsaturated/α-hetero) is 1. The Morgan fingerprint density at radius 3 is 2.35 bits per heavy atom. The molecule has 17 heavy (non-hydrogen) atoms. The Balaban J connectivity index is 2.16. The largest absolute Gasteiger partial charge is 0.394 e. The lowest BCUT2D eigenvalue weighted by Crippen LogP contribution is -2.36. The van der Waals surface area contributed by atoms with Crippen molar-refractivity contribution >= 4 is 5.78 Å². The number of benzene rings is 1. The predicted octanol–water partition coefficient (Wildman–Crippen LogP) is -0.649. The first-order valence-corrected chi connectivity index (χ1v) is 5.37. The number of rotatable bonds is 3. The molecule has 5 nitrogen and oxygen atoms in total. The summed E-state index contributed by atoms with van der Waals surface area (Å²) in [5.41, 5.74) is 0.405. The lowest BCUT2D eigenvalue weighted by atomic mass is 10.0. The van der Waals surface area contributed by atoms with E-state index in [0.29, 0.717) is 5.56 Å². The number of ketones is 1. The fourth-order valence-electron chi connectivity index (χ4n) is 1.88. The van der Waals surface area contributed by atoms with Crippen molar-refractivity contribution in [3.8, 4) is 0 Å². The van der Waals surface area contributed by atoms with Crippen LogP contribution in [0.4, 0.5) is 0 Å². The maximum absolute atomic E-state index is 12.0. The molecule has 1 fully saturated rings. The van der Waals surface area contributed by atoms with Gasteiger partial charge in [-0.25, -0.2) is 0 Å². The summed E-state index contributed by atoms with van der Waals surface area (Å²) >= 11 is 0. The van der Waals surface area contributed by atoms with E-state index in [1.807, 2.05) is 0 Å². The van der Waals surface area contributed by atoms with Crippen molar-refractivity contribution in [2.45, 2.75) is 24.4 Å². The average Bonchev–Trinajstić information content (AvgIpc) is 2.66. The van der Waals surface area contributed by atoms with E-state index in [9.17, 15) is 15.0 Å². The van der Waals surface area contributed by atoms with Crippen molar-refractivity contribution in [2.75, 3.05) is 6.61 Å². The quantitative estimate of drug-likeness (QED) is 0.609. The molecule has 1 heterocycles. The number of ether oxygens (including phenoxy) is 1. The van der Waals surface area contributed by atoms with Crippen LogP contribution < -0.4 is 0 Å². The molecule has 2 rings (SSSR count). The van der Waals surface area contributed by atoms with Gasteiger partial charge in [0.1, 0.15) is 24.4 Å². The maximum Gasteiger partial charge on any atom is 0.194 e. The minimum Gasteiger partial charge on any atom is -0.394 e. The highest BCUT2D eigenvalue weighted by molar-refractivity contribution is 6.00. The molecule has 0 radical (unpaired) electrons. The van der Waals surface area contributed by atoms with Crippen LogP contribution in [0.25, 0.3) is 0 Å². The highest BCUT2D eigenvalue weighted by Crippen LogP contribution is 2.23. The van der Waals surface area contributed by atoms with Crippen molar-refractivity contribution < 1.29 is 24.9 Å². The van der Waals surface area contributed by atoms with Gasteiger partial charge in [0.25, 0.3) is 0 Å². The minimum absolute atomic E-state index is 0.395. The van der Waals surface area contributed by atoms with Gasteiger partial charge in [-0.3, -0.25) is 4.79 Å². The van der Waals surface area contributed by atoms with Crippen molar-refractivity contribution in [1.82, 2.24) is 0 Å². The number of hydrogen-bond acceptors (Lipinski definition) is 5. The van der Waals surface area contributed by atoms with E-state index < -0.39 is 36.8 Å². The van der Waals surface area contributed by atoms with E-state index in [1.165, 1.54) is 0 Å². The molecule has 1 saturated heterocycles. The molecular weight excluding hydrogens is 224 g/mol. The monoisotopic (exact) mass is 238 g/mol. The Morgan fingerprint density at radius 2 is 1.82 bits per heavy atom. The Kier molecular flexibility index (Phi) is 3.54. The van der Waals surface area contributed by atoms with E-state index >= 15 is 0 Å². The highest BCUT2D eigenvalue weighted by atomic mass is 16.6. The van der Waals surface area contributed by atoms with E-state index in [2.05, 4.69) is 0 Å². The Hall–Kier alpha value is -1.27. The van der Waals surface area contributed by atoms with Gasteiger partial charge in [0.05, 0.1) is 6.61 Å². The molecule has 0 aromatic heterocycles. The smallest absolute Gasteiger partial charge is 0.194 e. The van der Waals surface area contributed by atoms with Crippen LogP contribution in [0.15, 0.2) is 30.3 Å². The van der Waals surface area contributed by atoms with Crippen LogP contribution in [0.3, 0.4) is 0 Å². The highest BCUT2D eigenvalue weighted by Gasteiger charge is 2.45. The van der Waals surface area contributed by atoms with Crippen LogP contribution in [0, 0.1) is 0 Å². The van der Waals surface area contributed by atoms with Crippen molar-refractivity contribution in [1.29, 1.82) is 0 Å². The van der Waals surface area contributed by atoms with Gasteiger partial charge in [0.2, 0.25) is 0 Å². The Morgan fingerprint density at radius 1 is 1.18 bits per heavy atom. The molecule has 1 aliphatic rings. The predicted molar refractivity (Wildman–Crippen MR) is 58.5 cm³/mol. The van der Waals surface area contributed by atoms with Crippen molar-refractivity contribution in [3.63, 3.8) is 0 Å². The van der Waals surface area contributed by atoms with Gasteiger partial charge in [-0.2, -0.15) is 0 Å². The van der Waals surface area contributed by atoms with Gasteiger partial charge in [-0.05, 0) is 0 Å². The second kappa shape index (κ2) is 4.93. The Labute approximate surface area is 98.3 Å². The fraction of sp³-hybridized carbons (Fsp3) is 0.417. The number of hydrogen-bond donors (Lipinski definition) is 3. The molecule has 0 saturated carbocycles. The molecule has 3 N–H and O–H groups in total. The SMILES string of the molecule is O=C(c1ccccc1)C1O[C@H](CO)[C@@H](O)[C@H]1O. The standard InChI is InChI=1S/C12H14O5/c13-6-8-10(15)11(16)12(17-8)9(14)7-4-2-1-3-5-7/h1-5,8,10-13,15-16H,6H2/t8-,10-,11-,12?/m1/s1. The average molecular weight is 238 g/mol. The zero-order valence-electron chi connectivity index (χ0n) is 9.06. The first-order valence-electron chi connectivity index (χ1n) is 5.37. The van der Waals surface area contributed by atoms with Crippen LogP contribution in [-0.4, -0.2) is 52.1 Å². The maximum atomic E-state index is 12.0. The van der Waals surface area contributed by atoms with Crippen LogP contribution in [0.5, 0.6) is 0 Å². The van der Waals surface area contributed by atoms with Crippen LogP contribution in [-0.2, 0) is 4.74 Å². The summed E-state index contributed by atoms with van der Waals surface area (Å²) in [5, 5.41) is 28.1. The fourth-order valence-corrected chi connectivity index (χ4v) is 1.88. The summed E-state index contributed by atoms with van der Waals surface area (Å²) in [7, 11) is 0. The molecule has 1 aromatic carbocycles. The molecule has 4 atom stereocenters. The summed E-state index contributed by atoms with van der Waals surface area (Å²) in [4.78, 5) is 12.0. The molecule has 5 heteroatoms. The van der Waals surface area contributed by atoms with Gasteiger partial charge in [-0.1, -0.05) is 30.3 Å². The lowest BCUT2D eigenvalue weighted by Gasteiger charge is -2.13. The molecule has 1 aromatic rings. The lowest BCUT2D eigenvalue weighted by molar-refractivity contribution is -0.0163. The molecule has 0 amide bonds. The van der Waals surface area contributed by atoms with E-state index in [-0.39, 0.29) is 0 Å². The van der Waals surface area contributed by atoms with Crippen molar-refractivity contribution in [2.24, 2.45) is 0 Å². The third kappa shape index (κ3) is 2.23. The second-order valence-corrected chi connectivity index (χ2v) is 3.99. The Bertz CT molecular complexity index is 391. The second-order valence-electron chi connectivity index (χ2n) is 3.99. The van der Waals surface area contributed by atoms with E-state index in [0.717, 1.165) is 0 Å². The third-order valence-corrected chi connectivity index (χ3v) is 2.86. The zero-order chi connectivity index (χ0) is 12.4. The van der Waals surface area contributed by atoms with E-state index in [4.69, 9.17) is 9.84 Å². The van der Waals surface area contributed by atoms with Gasteiger partial charge in [0, 0.05) is 5.56 Å². The topological polar surface area (TPSA) is 87.0 Å². The van der Waals surface area contributed by atoms with Crippen molar-refractivity contribution in [3.05, 3.63) is 35.9 Å².